The van der Waals surface area contributed by atoms with Gasteiger partial charge in [-0.15, -0.1) is 0 Å². The van der Waals surface area contributed by atoms with Crippen LogP contribution in [0.2, 0.25) is 5.02 Å². The van der Waals surface area contributed by atoms with Crippen LogP contribution in [0, 0.1) is 6.92 Å². The molecule has 0 spiro atoms. The molecule has 0 radical (unpaired) electrons. The van der Waals surface area contributed by atoms with Crippen LogP contribution >= 0.6 is 27.5 Å². The van der Waals surface area contributed by atoms with Gasteiger partial charge in [-0.2, -0.15) is 0 Å². The summed E-state index contributed by atoms with van der Waals surface area (Å²) in [5.41, 5.74) is 1.22. The molecule has 0 unspecified atom stereocenters. The number of aryl methyl sites for hydroxylation is 1. The first-order valence-corrected chi connectivity index (χ1v) is 4.77. The Kier molecular flexibility index (Phi) is 3.33. The van der Waals surface area contributed by atoms with Crippen LogP contribution in [0.1, 0.15) is 15.9 Å². The van der Waals surface area contributed by atoms with Gasteiger partial charge in [-0.05, 0) is 24.6 Å². The molecule has 0 saturated carbocycles. The van der Waals surface area contributed by atoms with Gasteiger partial charge < -0.3 is 4.74 Å². The van der Waals surface area contributed by atoms with Gasteiger partial charge in [0.25, 0.3) is 0 Å². The molecule has 0 atom stereocenters. The first kappa shape index (κ1) is 10.5. The number of halogens is 2. The minimum absolute atomic E-state index is 0.402. The third-order valence-electron chi connectivity index (χ3n) is 1.64. The third-order valence-corrected chi connectivity index (χ3v) is 2.40. The van der Waals surface area contributed by atoms with Gasteiger partial charge in [-0.25, -0.2) is 4.79 Å². The molecule has 4 heteroatoms. The van der Waals surface area contributed by atoms with E-state index >= 15 is 0 Å². The molecular formula is C9H8BrClO2. The Bertz CT molecular complexity index is 326. The Labute approximate surface area is 90.0 Å². The van der Waals surface area contributed by atoms with Gasteiger partial charge in [0.2, 0.25) is 0 Å². The van der Waals surface area contributed by atoms with Gasteiger partial charge in [0.1, 0.15) is 0 Å². The summed E-state index contributed by atoms with van der Waals surface area (Å²) in [4.78, 5) is 11.2. The number of rotatable bonds is 1. The fourth-order valence-corrected chi connectivity index (χ4v) is 2.11. The minimum Gasteiger partial charge on any atom is -0.465 e. The highest BCUT2D eigenvalue weighted by Crippen LogP contribution is 2.25. The van der Waals surface area contributed by atoms with Gasteiger partial charge in [-0.1, -0.05) is 27.5 Å². The van der Waals surface area contributed by atoms with Crippen molar-refractivity contribution < 1.29 is 9.53 Å². The highest BCUT2D eigenvalue weighted by atomic mass is 79.9. The number of benzene rings is 1. The van der Waals surface area contributed by atoms with Crippen molar-refractivity contribution in [2.24, 2.45) is 0 Å². The Balaban J connectivity index is 3.28. The molecule has 1 rings (SSSR count). The second-order valence-electron chi connectivity index (χ2n) is 2.57. The van der Waals surface area contributed by atoms with Crippen molar-refractivity contribution in [2.45, 2.75) is 6.92 Å². The van der Waals surface area contributed by atoms with Crippen molar-refractivity contribution >= 4 is 33.5 Å². The highest BCUT2D eigenvalue weighted by molar-refractivity contribution is 9.10. The van der Waals surface area contributed by atoms with Crippen molar-refractivity contribution in [1.29, 1.82) is 0 Å². The van der Waals surface area contributed by atoms with Crippen molar-refractivity contribution in [1.82, 2.24) is 0 Å². The van der Waals surface area contributed by atoms with E-state index in [9.17, 15) is 4.79 Å². The van der Waals surface area contributed by atoms with Crippen LogP contribution in [0.3, 0.4) is 0 Å². The summed E-state index contributed by atoms with van der Waals surface area (Å²) in [5.74, 6) is -0.407. The number of carbonyl (C=O) groups is 1. The predicted octanol–water partition coefficient (Wildman–Crippen LogP) is 3.20. The van der Waals surface area contributed by atoms with E-state index in [1.165, 1.54) is 7.11 Å². The second kappa shape index (κ2) is 4.11. The van der Waals surface area contributed by atoms with Gasteiger partial charge in [0.05, 0.1) is 17.7 Å². The minimum atomic E-state index is -0.407. The Morgan fingerprint density at radius 3 is 2.62 bits per heavy atom. The molecule has 0 aromatic heterocycles. The first-order chi connectivity index (χ1) is 6.06. The largest absolute Gasteiger partial charge is 0.465 e. The first-order valence-electron chi connectivity index (χ1n) is 3.60. The highest BCUT2D eigenvalue weighted by Gasteiger charge is 2.14. The fourth-order valence-electron chi connectivity index (χ4n) is 1.06. The topological polar surface area (TPSA) is 26.3 Å². The molecule has 0 aliphatic carbocycles. The van der Waals surface area contributed by atoms with Crippen LogP contribution in [0.4, 0.5) is 0 Å². The van der Waals surface area contributed by atoms with Crippen LogP contribution in [-0.2, 0) is 4.74 Å². The molecular weight excluding hydrogens is 255 g/mol. The van der Waals surface area contributed by atoms with E-state index in [1.807, 2.05) is 13.0 Å². The standard InChI is InChI=1S/C9H8BrClO2/c1-5-3-6(10)4-7(11)8(5)9(12)13-2/h3-4H,1-2H3. The number of hydrogen-bond acceptors (Lipinski definition) is 2. The lowest BCUT2D eigenvalue weighted by Crippen LogP contribution is -2.04. The van der Waals surface area contributed by atoms with E-state index < -0.39 is 5.97 Å². The molecule has 0 fully saturated rings. The maximum absolute atomic E-state index is 11.2. The number of methoxy groups -OCH3 is 1. The van der Waals surface area contributed by atoms with Crippen molar-refractivity contribution in [3.8, 4) is 0 Å². The molecule has 0 saturated heterocycles. The SMILES string of the molecule is COC(=O)c1c(C)cc(Br)cc1Cl. The molecule has 0 bridgehead atoms. The van der Waals surface area contributed by atoms with Gasteiger partial charge in [-0.3, -0.25) is 0 Å². The van der Waals surface area contributed by atoms with E-state index in [-0.39, 0.29) is 0 Å². The molecule has 70 valence electrons. The van der Waals surface area contributed by atoms with Crippen molar-refractivity contribution in [2.75, 3.05) is 7.11 Å². The van der Waals surface area contributed by atoms with Crippen LogP contribution in [-0.4, -0.2) is 13.1 Å². The summed E-state index contributed by atoms with van der Waals surface area (Å²) in [7, 11) is 1.33. The normalized spacial score (nSPS) is 9.85. The summed E-state index contributed by atoms with van der Waals surface area (Å²) in [6.45, 7) is 1.81. The van der Waals surface area contributed by atoms with E-state index in [0.29, 0.717) is 10.6 Å². The Morgan fingerprint density at radius 1 is 1.54 bits per heavy atom. The average Bonchev–Trinajstić information content (AvgIpc) is 2.02. The maximum Gasteiger partial charge on any atom is 0.339 e. The maximum atomic E-state index is 11.2. The zero-order chi connectivity index (χ0) is 10.0. The van der Waals surface area contributed by atoms with Crippen LogP contribution in [0.25, 0.3) is 0 Å². The second-order valence-corrected chi connectivity index (χ2v) is 3.89. The van der Waals surface area contributed by atoms with E-state index in [4.69, 9.17) is 11.6 Å². The van der Waals surface area contributed by atoms with Gasteiger partial charge in [0.15, 0.2) is 0 Å². The summed E-state index contributed by atoms with van der Waals surface area (Å²) < 4.78 is 5.45. The zero-order valence-electron chi connectivity index (χ0n) is 7.23. The number of carbonyl (C=O) groups excluding carboxylic acids is 1. The van der Waals surface area contributed by atoms with Crippen LogP contribution in [0.5, 0.6) is 0 Å². The predicted molar refractivity (Wildman–Crippen MR) is 55.2 cm³/mol. The lowest BCUT2D eigenvalue weighted by Gasteiger charge is -2.06. The van der Waals surface area contributed by atoms with Crippen molar-refractivity contribution in [3.63, 3.8) is 0 Å². The van der Waals surface area contributed by atoms with E-state index in [2.05, 4.69) is 20.7 Å². The Hall–Kier alpha value is -0.540. The zero-order valence-corrected chi connectivity index (χ0v) is 9.57. The van der Waals surface area contributed by atoms with Crippen LogP contribution < -0.4 is 0 Å². The lowest BCUT2D eigenvalue weighted by atomic mass is 10.1. The molecule has 0 amide bonds. The third kappa shape index (κ3) is 2.23. The molecule has 0 aliphatic rings. The molecule has 0 aliphatic heterocycles. The number of ether oxygens (including phenoxy) is 1. The summed E-state index contributed by atoms with van der Waals surface area (Å²) in [6.07, 6.45) is 0. The lowest BCUT2D eigenvalue weighted by molar-refractivity contribution is 0.0600. The molecule has 2 nitrogen and oxygen atoms in total. The summed E-state index contributed by atoms with van der Waals surface area (Å²) in [5, 5.41) is 0.402. The number of esters is 1. The summed E-state index contributed by atoms with van der Waals surface area (Å²) in [6, 6.07) is 3.49. The van der Waals surface area contributed by atoms with Crippen LogP contribution in [0.15, 0.2) is 16.6 Å². The van der Waals surface area contributed by atoms with E-state index in [0.717, 1.165) is 10.0 Å². The van der Waals surface area contributed by atoms with Crippen molar-refractivity contribution in [3.05, 3.63) is 32.8 Å². The monoisotopic (exact) mass is 262 g/mol. The summed E-state index contributed by atoms with van der Waals surface area (Å²) >= 11 is 9.16. The fraction of sp³-hybridized carbons (Fsp3) is 0.222. The molecule has 1 aromatic carbocycles. The quantitative estimate of drug-likeness (QED) is 0.727. The van der Waals surface area contributed by atoms with Gasteiger partial charge in [0, 0.05) is 4.47 Å². The number of hydrogen-bond donors (Lipinski definition) is 0. The van der Waals surface area contributed by atoms with E-state index in [1.54, 1.807) is 6.07 Å². The smallest absolute Gasteiger partial charge is 0.339 e. The average molecular weight is 264 g/mol. The van der Waals surface area contributed by atoms with Gasteiger partial charge >= 0.3 is 5.97 Å². The molecule has 0 heterocycles. The molecule has 13 heavy (non-hydrogen) atoms. The Morgan fingerprint density at radius 2 is 2.15 bits per heavy atom. The molecule has 0 N–H and O–H groups in total. The molecule has 1 aromatic rings.